The zero-order valence-corrected chi connectivity index (χ0v) is 18.8. The van der Waals surface area contributed by atoms with E-state index in [1.165, 1.54) is 12.4 Å². The van der Waals surface area contributed by atoms with Crippen LogP contribution in [0.4, 0.5) is 29.1 Å². The number of benzene rings is 2. The predicted octanol–water partition coefficient (Wildman–Crippen LogP) is 4.55. The molecule has 1 fully saturated rings. The van der Waals surface area contributed by atoms with Crippen molar-refractivity contribution in [2.45, 2.75) is 36.6 Å². The van der Waals surface area contributed by atoms with Crippen molar-refractivity contribution in [3.63, 3.8) is 0 Å². The highest BCUT2D eigenvalue weighted by molar-refractivity contribution is 7.92. The molecule has 8 nitrogen and oxygen atoms in total. The Bertz CT molecular complexity index is 1570. The minimum atomic E-state index is -4.76. The number of nitrogen functional groups attached to an aromatic ring is 1. The summed E-state index contributed by atoms with van der Waals surface area (Å²) in [4.78, 5) is 7.16. The number of hydrogen-bond donors (Lipinski definition) is 2. The van der Waals surface area contributed by atoms with Crippen molar-refractivity contribution in [2.75, 3.05) is 10.5 Å². The third-order valence-electron chi connectivity index (χ3n) is 5.96. The van der Waals surface area contributed by atoms with E-state index in [2.05, 4.69) is 15.1 Å². The third-order valence-corrected chi connectivity index (χ3v) is 7.35. The number of aromatic nitrogens is 4. The van der Waals surface area contributed by atoms with E-state index in [4.69, 9.17) is 5.73 Å². The topological polar surface area (TPSA) is 116 Å². The van der Waals surface area contributed by atoms with Crippen LogP contribution in [0.5, 0.6) is 0 Å². The minimum Gasteiger partial charge on any atom is -0.383 e. The van der Waals surface area contributed by atoms with Crippen molar-refractivity contribution in [1.29, 1.82) is 0 Å². The van der Waals surface area contributed by atoms with E-state index in [1.807, 2.05) is 4.72 Å². The first-order valence-electron chi connectivity index (χ1n) is 10.6. The number of anilines is 2. The smallest absolute Gasteiger partial charge is 0.265 e. The lowest BCUT2D eigenvalue weighted by atomic mass is 10.1. The molecule has 4 aromatic rings. The van der Waals surface area contributed by atoms with E-state index >= 15 is 0 Å². The van der Waals surface area contributed by atoms with Crippen LogP contribution < -0.4 is 10.5 Å². The average Bonchev–Trinajstić information content (AvgIpc) is 3.47. The highest BCUT2D eigenvalue weighted by Gasteiger charge is 2.27. The summed E-state index contributed by atoms with van der Waals surface area (Å²) in [6.07, 6.45) is 5.24. The fraction of sp³-hybridized carbons (Fsp3) is 0.227. The highest BCUT2D eigenvalue weighted by Crippen LogP contribution is 2.37. The Morgan fingerprint density at radius 1 is 0.971 bits per heavy atom. The van der Waals surface area contributed by atoms with Gasteiger partial charge in [-0.1, -0.05) is 18.9 Å². The Morgan fingerprint density at radius 2 is 1.71 bits per heavy atom. The predicted molar refractivity (Wildman–Crippen MR) is 120 cm³/mol. The van der Waals surface area contributed by atoms with Gasteiger partial charge in [-0.25, -0.2) is 40.6 Å². The van der Waals surface area contributed by atoms with Crippen LogP contribution in [0.25, 0.3) is 22.3 Å². The number of fused-ring (bicyclic) bond motifs is 1. The average molecular weight is 506 g/mol. The summed E-state index contributed by atoms with van der Waals surface area (Å²) in [6.45, 7) is 0. The number of halogens is 4. The van der Waals surface area contributed by atoms with Crippen molar-refractivity contribution >= 4 is 32.6 Å². The Morgan fingerprint density at radius 3 is 2.43 bits per heavy atom. The second-order valence-electron chi connectivity index (χ2n) is 8.16. The third kappa shape index (κ3) is 3.95. The van der Waals surface area contributed by atoms with E-state index in [9.17, 15) is 26.0 Å². The Labute approximate surface area is 196 Å². The van der Waals surface area contributed by atoms with Gasteiger partial charge >= 0.3 is 0 Å². The molecule has 0 amide bonds. The molecule has 35 heavy (non-hydrogen) atoms. The molecule has 0 radical (unpaired) electrons. The van der Waals surface area contributed by atoms with Gasteiger partial charge < -0.3 is 5.73 Å². The summed E-state index contributed by atoms with van der Waals surface area (Å²) >= 11 is 0. The lowest BCUT2D eigenvalue weighted by Gasteiger charge is -2.11. The van der Waals surface area contributed by atoms with Gasteiger partial charge in [-0.2, -0.15) is 5.10 Å². The molecule has 1 aliphatic carbocycles. The molecule has 0 bridgehead atoms. The molecule has 5 rings (SSSR count). The van der Waals surface area contributed by atoms with Gasteiger partial charge in [0.25, 0.3) is 10.0 Å². The molecule has 2 aromatic carbocycles. The van der Waals surface area contributed by atoms with Crippen LogP contribution in [0, 0.1) is 23.3 Å². The molecule has 2 aromatic heterocycles. The van der Waals surface area contributed by atoms with Crippen LogP contribution in [0.3, 0.4) is 0 Å². The van der Waals surface area contributed by atoms with Crippen LogP contribution in [0.1, 0.15) is 31.7 Å². The molecule has 0 atom stereocenters. The summed E-state index contributed by atoms with van der Waals surface area (Å²) in [7, 11) is -4.76. The van der Waals surface area contributed by atoms with Crippen molar-refractivity contribution < 1.29 is 26.0 Å². The van der Waals surface area contributed by atoms with Crippen LogP contribution >= 0.6 is 0 Å². The first-order valence-corrected chi connectivity index (χ1v) is 12.1. The first kappa shape index (κ1) is 23.0. The van der Waals surface area contributed by atoms with Crippen LogP contribution in [0.15, 0.2) is 41.6 Å². The first-order chi connectivity index (χ1) is 16.7. The molecule has 0 aliphatic heterocycles. The Balaban J connectivity index is 1.53. The number of sulfonamides is 1. The van der Waals surface area contributed by atoms with Crippen molar-refractivity contribution in [3.8, 4) is 11.3 Å². The molecule has 2 heterocycles. The molecule has 3 N–H and O–H groups in total. The monoisotopic (exact) mass is 506 g/mol. The Kier molecular flexibility index (Phi) is 5.58. The van der Waals surface area contributed by atoms with E-state index in [0.29, 0.717) is 28.9 Å². The standard InChI is InChI=1S/C22H18F4N6O2S/c23-13-6-8-16(19(26)18(13)25)35(33,34)31-15-7-5-11(9-14(15)24)20-17-21(27)28-10-29-22(17)32(30-20)12-3-1-2-4-12/h5-10,12,31H,1-4H2,(H2,27,28,29). The quantitative estimate of drug-likeness (QED) is 0.303. The maximum atomic E-state index is 15.0. The number of hydrogen-bond acceptors (Lipinski definition) is 6. The maximum Gasteiger partial charge on any atom is 0.265 e. The van der Waals surface area contributed by atoms with Gasteiger partial charge in [0.05, 0.1) is 17.1 Å². The fourth-order valence-corrected chi connectivity index (χ4v) is 5.40. The van der Waals surface area contributed by atoms with Gasteiger partial charge in [0.1, 0.15) is 28.6 Å². The molecular weight excluding hydrogens is 488 g/mol. The van der Waals surface area contributed by atoms with Gasteiger partial charge in [0.2, 0.25) is 0 Å². The van der Waals surface area contributed by atoms with Gasteiger partial charge in [-0.05, 0) is 37.1 Å². The van der Waals surface area contributed by atoms with Crippen molar-refractivity contribution in [1.82, 2.24) is 19.7 Å². The van der Waals surface area contributed by atoms with Gasteiger partial charge in [-0.15, -0.1) is 0 Å². The van der Waals surface area contributed by atoms with E-state index in [1.54, 1.807) is 4.68 Å². The van der Waals surface area contributed by atoms with E-state index in [-0.39, 0.29) is 17.4 Å². The van der Waals surface area contributed by atoms with E-state index in [0.717, 1.165) is 37.8 Å². The normalized spacial score (nSPS) is 14.6. The van der Waals surface area contributed by atoms with Crippen molar-refractivity contribution in [2.24, 2.45) is 0 Å². The molecule has 182 valence electrons. The number of rotatable bonds is 5. The molecule has 0 saturated heterocycles. The lowest BCUT2D eigenvalue weighted by molar-refractivity contribution is 0.432. The van der Waals surface area contributed by atoms with Crippen molar-refractivity contribution in [3.05, 3.63) is 59.9 Å². The summed E-state index contributed by atoms with van der Waals surface area (Å²) in [5.41, 5.74) is 6.67. The van der Waals surface area contributed by atoms with Crippen LogP contribution in [0.2, 0.25) is 0 Å². The van der Waals surface area contributed by atoms with Crippen LogP contribution in [-0.2, 0) is 10.0 Å². The number of nitrogens with zero attached hydrogens (tertiary/aromatic N) is 4. The maximum absolute atomic E-state index is 15.0. The SMILES string of the molecule is Nc1ncnc2c1c(-c1ccc(NS(=O)(=O)c3ccc(F)c(F)c3F)c(F)c1)nn2C1CCCC1. The molecule has 0 spiro atoms. The number of nitrogens with two attached hydrogens (primary N) is 1. The van der Waals surface area contributed by atoms with Crippen LogP contribution in [-0.4, -0.2) is 28.2 Å². The molecule has 0 unspecified atom stereocenters. The summed E-state index contributed by atoms with van der Waals surface area (Å²) in [6, 6.07) is 4.67. The highest BCUT2D eigenvalue weighted by atomic mass is 32.2. The summed E-state index contributed by atoms with van der Waals surface area (Å²) < 4.78 is 84.3. The zero-order chi connectivity index (χ0) is 24.9. The largest absolute Gasteiger partial charge is 0.383 e. The van der Waals surface area contributed by atoms with Gasteiger partial charge in [-0.3, -0.25) is 4.72 Å². The second-order valence-corrected chi connectivity index (χ2v) is 9.81. The van der Waals surface area contributed by atoms with Gasteiger partial charge in [0.15, 0.2) is 23.1 Å². The lowest BCUT2D eigenvalue weighted by Crippen LogP contribution is -2.16. The second kappa shape index (κ2) is 8.48. The molecule has 1 aliphatic rings. The Hall–Kier alpha value is -3.74. The summed E-state index contributed by atoms with van der Waals surface area (Å²) in [5.74, 6) is -6.26. The zero-order valence-electron chi connectivity index (χ0n) is 18.0. The minimum absolute atomic E-state index is 0.113. The summed E-state index contributed by atoms with van der Waals surface area (Å²) in [5, 5.41) is 5.07. The fourth-order valence-electron chi connectivity index (χ4n) is 4.26. The number of nitrogens with one attached hydrogen (secondary N) is 1. The van der Waals surface area contributed by atoms with E-state index < -0.39 is 43.9 Å². The molecular formula is C22H18F4N6O2S. The molecule has 1 saturated carbocycles. The van der Waals surface area contributed by atoms with Gasteiger partial charge in [0, 0.05) is 5.56 Å². The molecule has 13 heteroatoms.